The molecule has 208 valence electrons. The van der Waals surface area contributed by atoms with Gasteiger partial charge in [0.05, 0.1) is 18.6 Å². The molecule has 4 heterocycles. The highest BCUT2D eigenvalue weighted by atomic mass is 16.6. The molecule has 5 aliphatic rings. The van der Waals surface area contributed by atoms with Crippen LogP contribution >= 0.6 is 0 Å². The fourth-order valence-electron chi connectivity index (χ4n) is 6.85. The van der Waals surface area contributed by atoms with Crippen molar-refractivity contribution in [3.05, 3.63) is 24.3 Å². The smallest absolute Gasteiger partial charge is 0.313 e. The van der Waals surface area contributed by atoms with Crippen molar-refractivity contribution in [2.24, 2.45) is 11.8 Å². The third-order valence-corrected chi connectivity index (χ3v) is 8.65. The van der Waals surface area contributed by atoms with Gasteiger partial charge in [-0.1, -0.05) is 43.6 Å². The molecule has 3 amide bonds. The number of carbonyl (C=O) groups is 4. The number of fused-ring (bicyclic) bond motifs is 2. The van der Waals surface area contributed by atoms with Crippen LogP contribution in [0.25, 0.3) is 0 Å². The van der Waals surface area contributed by atoms with Gasteiger partial charge in [-0.2, -0.15) is 0 Å². The standard InChI is InChI=1S/C28H39N3O7/c1-18-17-29-21(33)11-6-3-7-14-30(19-9-4-2-5-10-19)26(35)24-28-13-12-20(38-28)22(27(36)37-18)23(28)25(34)31(24)15-8-16-32/h3,7,12-13,18-20,22-24,32H,2,4-6,8-11,14-17H2,1H3,(H,29,33)/b7-3-/t18-,20+,22-,23-,24+,28-/m0/s1. The van der Waals surface area contributed by atoms with Crippen molar-refractivity contribution in [2.75, 3.05) is 26.2 Å². The summed E-state index contributed by atoms with van der Waals surface area (Å²) in [4.78, 5) is 57.4. The first-order chi connectivity index (χ1) is 18.4. The van der Waals surface area contributed by atoms with Crippen LogP contribution in [0.5, 0.6) is 0 Å². The van der Waals surface area contributed by atoms with Gasteiger partial charge in [0.25, 0.3) is 0 Å². The molecule has 0 aromatic carbocycles. The molecular formula is C28H39N3O7. The maximum absolute atomic E-state index is 14.5. The summed E-state index contributed by atoms with van der Waals surface area (Å²) in [5, 5.41) is 12.4. The number of ether oxygens (including phenoxy) is 2. The molecule has 10 nitrogen and oxygen atoms in total. The number of rotatable bonds is 4. The van der Waals surface area contributed by atoms with Crippen LogP contribution in [-0.4, -0.2) is 94.7 Å². The number of aliphatic hydroxyl groups is 1. The van der Waals surface area contributed by atoms with Gasteiger partial charge < -0.3 is 29.7 Å². The first-order valence-electron chi connectivity index (χ1n) is 14.1. The van der Waals surface area contributed by atoms with Crippen LogP contribution < -0.4 is 5.32 Å². The molecule has 2 N–H and O–H groups in total. The van der Waals surface area contributed by atoms with Crippen molar-refractivity contribution in [3.8, 4) is 0 Å². The Labute approximate surface area is 223 Å². The van der Waals surface area contributed by atoms with Crippen LogP contribution in [-0.2, 0) is 28.7 Å². The van der Waals surface area contributed by atoms with E-state index in [9.17, 15) is 24.3 Å². The summed E-state index contributed by atoms with van der Waals surface area (Å²) in [5.41, 5.74) is -1.25. The Morgan fingerprint density at radius 1 is 1.11 bits per heavy atom. The van der Waals surface area contributed by atoms with Crippen LogP contribution in [0.1, 0.15) is 58.3 Å². The lowest BCUT2D eigenvalue weighted by Crippen LogP contribution is -2.58. The Kier molecular flexibility index (Phi) is 7.90. The van der Waals surface area contributed by atoms with E-state index in [2.05, 4.69) is 5.32 Å². The quantitative estimate of drug-likeness (QED) is 0.412. The van der Waals surface area contributed by atoms with Crippen LogP contribution in [0.2, 0.25) is 0 Å². The highest BCUT2D eigenvalue weighted by Crippen LogP contribution is 2.55. The Morgan fingerprint density at radius 3 is 2.66 bits per heavy atom. The largest absolute Gasteiger partial charge is 0.460 e. The third-order valence-electron chi connectivity index (χ3n) is 8.65. The van der Waals surface area contributed by atoms with E-state index < -0.39 is 41.7 Å². The number of cyclic esters (lactones) is 1. The molecule has 3 fully saturated rings. The summed E-state index contributed by atoms with van der Waals surface area (Å²) in [6.45, 7) is 2.32. The minimum atomic E-state index is -1.25. The zero-order chi connectivity index (χ0) is 26.9. The number of hydrogen-bond acceptors (Lipinski definition) is 7. The number of allylic oxidation sites excluding steroid dienone is 1. The van der Waals surface area contributed by atoms with Gasteiger partial charge in [-0.3, -0.25) is 19.2 Å². The van der Waals surface area contributed by atoms with Crippen LogP contribution in [0.15, 0.2) is 24.3 Å². The Morgan fingerprint density at radius 2 is 1.89 bits per heavy atom. The molecule has 5 rings (SSSR count). The molecular weight excluding hydrogens is 490 g/mol. The molecule has 10 heteroatoms. The molecule has 6 atom stereocenters. The fourth-order valence-corrected chi connectivity index (χ4v) is 6.85. The molecule has 0 radical (unpaired) electrons. The second kappa shape index (κ2) is 11.2. The van der Waals surface area contributed by atoms with Crippen LogP contribution in [0.4, 0.5) is 0 Å². The van der Waals surface area contributed by atoms with Gasteiger partial charge in [-0.05, 0) is 32.6 Å². The maximum Gasteiger partial charge on any atom is 0.313 e. The van der Waals surface area contributed by atoms with Crippen molar-refractivity contribution >= 4 is 23.7 Å². The topological polar surface area (TPSA) is 125 Å². The first-order valence-corrected chi connectivity index (χ1v) is 14.1. The molecule has 1 aliphatic carbocycles. The summed E-state index contributed by atoms with van der Waals surface area (Å²) in [7, 11) is 0. The van der Waals surface area contributed by atoms with Crippen molar-refractivity contribution in [1.82, 2.24) is 15.1 Å². The van der Waals surface area contributed by atoms with Gasteiger partial charge in [-0.25, -0.2) is 0 Å². The number of esters is 1. The van der Waals surface area contributed by atoms with E-state index in [1.807, 2.05) is 17.1 Å². The summed E-state index contributed by atoms with van der Waals surface area (Å²) in [5.74, 6) is -2.96. The molecule has 1 saturated carbocycles. The van der Waals surface area contributed by atoms with Gasteiger partial charge in [0.1, 0.15) is 23.7 Å². The molecule has 0 aromatic heterocycles. The molecule has 2 saturated heterocycles. The second-order valence-corrected chi connectivity index (χ2v) is 11.2. The lowest BCUT2D eigenvalue weighted by molar-refractivity contribution is -0.158. The Balaban J connectivity index is 1.54. The summed E-state index contributed by atoms with van der Waals surface area (Å²) >= 11 is 0. The van der Waals surface area contributed by atoms with E-state index in [0.717, 1.165) is 32.1 Å². The average molecular weight is 530 g/mol. The van der Waals surface area contributed by atoms with Crippen LogP contribution in [0, 0.1) is 11.8 Å². The monoisotopic (exact) mass is 529 g/mol. The van der Waals surface area contributed by atoms with E-state index in [1.54, 1.807) is 19.1 Å². The van der Waals surface area contributed by atoms with Gasteiger partial charge in [0.15, 0.2) is 0 Å². The molecule has 4 aliphatic heterocycles. The average Bonchev–Trinajstić information content (AvgIpc) is 3.55. The number of aliphatic hydroxyl groups excluding tert-OH is 1. The van der Waals surface area contributed by atoms with Gasteiger partial charge in [0.2, 0.25) is 17.7 Å². The predicted octanol–water partition coefficient (Wildman–Crippen LogP) is 1.08. The Hall–Kier alpha value is -2.72. The van der Waals surface area contributed by atoms with Gasteiger partial charge in [-0.15, -0.1) is 0 Å². The number of nitrogens with zero attached hydrogens (tertiary/aromatic N) is 2. The summed E-state index contributed by atoms with van der Waals surface area (Å²) in [6, 6.07) is -0.877. The van der Waals surface area contributed by atoms with E-state index >= 15 is 0 Å². The summed E-state index contributed by atoms with van der Waals surface area (Å²) < 4.78 is 12.1. The first kappa shape index (κ1) is 26.9. The predicted molar refractivity (Wildman–Crippen MR) is 136 cm³/mol. The number of likely N-dealkylation sites (tertiary alicyclic amines) is 1. The molecule has 0 aromatic rings. The zero-order valence-corrected chi connectivity index (χ0v) is 22.0. The van der Waals surface area contributed by atoms with Crippen molar-refractivity contribution in [2.45, 2.75) is 88.2 Å². The lowest BCUT2D eigenvalue weighted by Gasteiger charge is -2.40. The zero-order valence-electron chi connectivity index (χ0n) is 22.0. The highest BCUT2D eigenvalue weighted by Gasteiger charge is 2.73. The SMILES string of the molecule is C[C@H]1CNC(=O)CC/C=C\CN(C2CCCCC2)C(=O)[C@H]2N(CCCO)C(=O)[C@@H]3[C@@H](C(=O)O1)[C@H]1C=C[C@]32O1. The van der Waals surface area contributed by atoms with Crippen LogP contribution in [0.3, 0.4) is 0 Å². The maximum atomic E-state index is 14.5. The van der Waals surface area contributed by atoms with Crippen molar-refractivity contribution in [3.63, 3.8) is 0 Å². The number of carbonyl (C=O) groups excluding carboxylic acids is 4. The fraction of sp³-hybridized carbons (Fsp3) is 0.714. The van der Waals surface area contributed by atoms with Gasteiger partial charge in [0, 0.05) is 32.2 Å². The molecule has 1 spiro atoms. The third kappa shape index (κ3) is 4.77. The molecule has 5 bridgehead atoms. The minimum absolute atomic E-state index is 0.0423. The van der Waals surface area contributed by atoms with Crippen molar-refractivity contribution < 1.29 is 33.8 Å². The number of amides is 3. The van der Waals surface area contributed by atoms with Crippen molar-refractivity contribution in [1.29, 1.82) is 0 Å². The lowest BCUT2D eigenvalue weighted by atomic mass is 9.74. The molecule has 38 heavy (non-hydrogen) atoms. The van der Waals surface area contributed by atoms with E-state index in [1.165, 1.54) is 4.90 Å². The second-order valence-electron chi connectivity index (χ2n) is 11.2. The van der Waals surface area contributed by atoms with E-state index in [-0.39, 0.29) is 43.5 Å². The minimum Gasteiger partial charge on any atom is -0.460 e. The molecule has 0 unspecified atom stereocenters. The Bertz CT molecular complexity index is 1010. The number of nitrogens with one attached hydrogen (secondary N) is 1. The number of hydrogen-bond donors (Lipinski definition) is 2. The highest BCUT2D eigenvalue weighted by molar-refractivity contribution is 5.99. The normalized spacial score (nSPS) is 37.4. The summed E-state index contributed by atoms with van der Waals surface area (Å²) in [6.07, 6.45) is 12.3. The van der Waals surface area contributed by atoms with E-state index in [4.69, 9.17) is 9.47 Å². The van der Waals surface area contributed by atoms with Gasteiger partial charge >= 0.3 is 5.97 Å². The van der Waals surface area contributed by atoms with E-state index in [0.29, 0.717) is 25.8 Å².